The van der Waals surface area contributed by atoms with Gasteiger partial charge in [-0.2, -0.15) is 0 Å². The predicted molar refractivity (Wildman–Crippen MR) is 79.8 cm³/mol. The number of fused-ring (bicyclic) bond motifs is 1. The van der Waals surface area contributed by atoms with Crippen LogP contribution in [0.2, 0.25) is 0 Å². The number of rotatable bonds is 4. The molecular weight excluding hydrogens is 296 g/mol. The number of hydrogen-bond acceptors (Lipinski definition) is 3. The zero-order valence-corrected chi connectivity index (χ0v) is 13.1. The molecule has 2 aromatic rings. The molecule has 108 valence electrons. The lowest BCUT2D eigenvalue weighted by Crippen LogP contribution is -2.01. The first kappa shape index (κ1) is 13.9. The van der Waals surface area contributed by atoms with Gasteiger partial charge in [-0.25, -0.2) is 13.4 Å². The second-order valence-electron chi connectivity index (χ2n) is 5.40. The Balaban J connectivity index is 2.25. The van der Waals surface area contributed by atoms with E-state index < -0.39 is 9.84 Å². The van der Waals surface area contributed by atoms with Gasteiger partial charge in [-0.05, 0) is 24.5 Å². The van der Waals surface area contributed by atoms with E-state index in [2.05, 4.69) is 16.5 Å². The van der Waals surface area contributed by atoms with Gasteiger partial charge in [0, 0.05) is 12.3 Å². The van der Waals surface area contributed by atoms with Crippen molar-refractivity contribution in [2.24, 2.45) is 5.92 Å². The van der Waals surface area contributed by atoms with Crippen LogP contribution in [0.15, 0.2) is 23.1 Å². The minimum atomic E-state index is -3.28. The van der Waals surface area contributed by atoms with Gasteiger partial charge in [0.1, 0.15) is 11.3 Å². The van der Waals surface area contributed by atoms with Gasteiger partial charge in [0.15, 0.2) is 9.84 Å². The largest absolute Gasteiger partial charge is 0.324 e. The van der Waals surface area contributed by atoms with Crippen molar-refractivity contribution >= 4 is 32.5 Å². The average Bonchev–Trinajstić information content (AvgIpc) is 3.08. The maximum absolute atomic E-state index is 11.9. The quantitative estimate of drug-likeness (QED) is 0.815. The molecular formula is C14H17ClN2O2S. The van der Waals surface area contributed by atoms with E-state index in [1.54, 1.807) is 12.1 Å². The van der Waals surface area contributed by atoms with Crippen LogP contribution in [0, 0.1) is 5.92 Å². The van der Waals surface area contributed by atoms with Crippen LogP contribution >= 0.6 is 11.6 Å². The topological polar surface area (TPSA) is 52.0 Å². The molecule has 4 nitrogen and oxygen atoms in total. The zero-order chi connectivity index (χ0) is 14.5. The van der Waals surface area contributed by atoms with Crippen molar-refractivity contribution in [2.75, 3.05) is 6.26 Å². The summed E-state index contributed by atoms with van der Waals surface area (Å²) in [5.74, 6) is 1.71. The van der Waals surface area contributed by atoms with Crippen LogP contribution in [0.4, 0.5) is 0 Å². The molecule has 0 aliphatic heterocycles. The Hall–Kier alpha value is -1.07. The summed E-state index contributed by atoms with van der Waals surface area (Å²) < 4.78 is 25.9. The van der Waals surface area contributed by atoms with E-state index >= 15 is 0 Å². The summed E-state index contributed by atoms with van der Waals surface area (Å²) in [7, 11) is -3.28. The van der Waals surface area contributed by atoms with Gasteiger partial charge in [-0.1, -0.05) is 19.4 Å². The predicted octanol–water partition coefficient (Wildman–Crippen LogP) is 3.15. The molecule has 1 aliphatic carbocycles. The van der Waals surface area contributed by atoms with Crippen LogP contribution in [0.5, 0.6) is 0 Å². The maximum Gasteiger partial charge on any atom is 0.177 e. The Morgan fingerprint density at radius 3 is 2.75 bits per heavy atom. The summed E-state index contributed by atoms with van der Waals surface area (Å²) in [6.07, 6.45) is 3.46. The molecule has 0 amide bonds. The number of aromatic nitrogens is 2. The van der Waals surface area contributed by atoms with Gasteiger partial charge in [0.25, 0.3) is 0 Å². The third-order valence-electron chi connectivity index (χ3n) is 4.02. The van der Waals surface area contributed by atoms with Crippen LogP contribution in [0.3, 0.4) is 0 Å². The molecule has 1 saturated carbocycles. The van der Waals surface area contributed by atoms with Gasteiger partial charge in [0.2, 0.25) is 0 Å². The molecule has 1 aromatic heterocycles. The van der Waals surface area contributed by atoms with Crippen molar-refractivity contribution in [3.63, 3.8) is 0 Å². The zero-order valence-electron chi connectivity index (χ0n) is 11.5. The highest BCUT2D eigenvalue weighted by Gasteiger charge is 2.39. The molecule has 0 bridgehead atoms. The van der Waals surface area contributed by atoms with E-state index in [0.717, 1.165) is 24.2 Å². The van der Waals surface area contributed by atoms with E-state index in [4.69, 9.17) is 11.6 Å². The molecule has 0 saturated heterocycles. The van der Waals surface area contributed by atoms with Gasteiger partial charge >= 0.3 is 0 Å². The highest BCUT2D eigenvalue weighted by atomic mass is 35.5. The number of alkyl halides is 1. The second-order valence-corrected chi connectivity index (χ2v) is 7.65. The van der Waals surface area contributed by atoms with E-state index in [9.17, 15) is 8.42 Å². The van der Waals surface area contributed by atoms with Crippen molar-refractivity contribution in [1.29, 1.82) is 0 Å². The van der Waals surface area contributed by atoms with Crippen molar-refractivity contribution in [3.05, 3.63) is 24.0 Å². The van der Waals surface area contributed by atoms with Crippen molar-refractivity contribution in [2.45, 2.75) is 36.6 Å². The molecule has 6 heteroatoms. The first-order chi connectivity index (χ1) is 9.47. The molecule has 0 spiro atoms. The molecule has 0 N–H and O–H groups in total. The minimum Gasteiger partial charge on any atom is -0.324 e. The van der Waals surface area contributed by atoms with Crippen molar-refractivity contribution in [3.8, 4) is 0 Å². The number of nitrogens with zero attached hydrogens (tertiary/aromatic N) is 2. The monoisotopic (exact) mass is 312 g/mol. The SMILES string of the molecule is CCC1CC1n1c(CCl)nc2c(S(C)(=O)=O)cccc21. The molecule has 20 heavy (non-hydrogen) atoms. The van der Waals surface area contributed by atoms with Gasteiger partial charge < -0.3 is 4.57 Å². The number of hydrogen-bond donors (Lipinski definition) is 0. The van der Waals surface area contributed by atoms with E-state index in [1.165, 1.54) is 6.26 Å². The Morgan fingerprint density at radius 2 is 2.20 bits per heavy atom. The van der Waals surface area contributed by atoms with Crippen molar-refractivity contribution in [1.82, 2.24) is 9.55 Å². The Morgan fingerprint density at radius 1 is 1.45 bits per heavy atom. The maximum atomic E-state index is 11.9. The van der Waals surface area contributed by atoms with Gasteiger partial charge in [-0.3, -0.25) is 0 Å². The molecule has 1 aromatic carbocycles. The van der Waals surface area contributed by atoms with Crippen LogP contribution in [-0.2, 0) is 15.7 Å². The van der Waals surface area contributed by atoms with Crippen LogP contribution in [0.25, 0.3) is 11.0 Å². The first-order valence-electron chi connectivity index (χ1n) is 6.73. The number of sulfone groups is 1. The van der Waals surface area contributed by atoms with Gasteiger partial charge in [0.05, 0.1) is 16.3 Å². The lowest BCUT2D eigenvalue weighted by atomic mass is 10.3. The number of imidazole rings is 1. The summed E-state index contributed by atoms with van der Waals surface area (Å²) in [4.78, 5) is 4.77. The van der Waals surface area contributed by atoms with Gasteiger partial charge in [-0.15, -0.1) is 11.6 Å². The summed E-state index contributed by atoms with van der Waals surface area (Å²) in [6.45, 7) is 2.17. The average molecular weight is 313 g/mol. The fourth-order valence-electron chi connectivity index (χ4n) is 2.89. The van der Waals surface area contributed by atoms with Crippen LogP contribution in [-0.4, -0.2) is 24.2 Å². The summed E-state index contributed by atoms with van der Waals surface area (Å²) in [6, 6.07) is 5.72. The smallest absolute Gasteiger partial charge is 0.177 e. The highest BCUT2D eigenvalue weighted by Crippen LogP contribution is 2.48. The Labute approximate surface area is 123 Å². The van der Waals surface area contributed by atoms with E-state index in [-0.39, 0.29) is 4.90 Å². The summed E-state index contributed by atoms with van der Waals surface area (Å²) in [5.41, 5.74) is 1.43. The number of benzene rings is 1. The lowest BCUT2D eigenvalue weighted by Gasteiger charge is -2.07. The minimum absolute atomic E-state index is 0.286. The molecule has 2 unspecified atom stereocenters. The molecule has 3 rings (SSSR count). The first-order valence-corrected chi connectivity index (χ1v) is 9.15. The summed E-state index contributed by atoms with van der Waals surface area (Å²) in [5, 5.41) is 0. The third kappa shape index (κ3) is 2.13. The van der Waals surface area contributed by atoms with Crippen LogP contribution in [0.1, 0.15) is 31.6 Å². The fourth-order valence-corrected chi connectivity index (χ4v) is 3.91. The molecule has 0 radical (unpaired) electrons. The molecule has 1 aliphatic rings. The number of para-hydroxylation sites is 1. The summed E-state index contributed by atoms with van der Waals surface area (Å²) >= 11 is 6.00. The standard InChI is InChI=1S/C14H17ClN2O2S/c1-3-9-7-11(9)17-10-5-4-6-12(20(2,18)19)14(10)16-13(17)8-15/h4-6,9,11H,3,7-8H2,1-2H3. The van der Waals surface area contributed by atoms with E-state index in [1.807, 2.05) is 6.07 Å². The normalized spacial score (nSPS) is 22.4. The fraction of sp³-hybridized carbons (Fsp3) is 0.500. The molecule has 1 fully saturated rings. The second kappa shape index (κ2) is 4.74. The third-order valence-corrected chi connectivity index (χ3v) is 5.38. The Kier molecular flexibility index (Phi) is 3.29. The van der Waals surface area contributed by atoms with Crippen LogP contribution < -0.4 is 0 Å². The highest BCUT2D eigenvalue weighted by molar-refractivity contribution is 7.91. The number of halogens is 1. The Bertz CT molecular complexity index is 767. The molecule has 1 heterocycles. The lowest BCUT2D eigenvalue weighted by molar-refractivity contribution is 0.602. The van der Waals surface area contributed by atoms with E-state index in [0.29, 0.717) is 23.4 Å². The molecule has 2 atom stereocenters. The van der Waals surface area contributed by atoms with Crippen molar-refractivity contribution < 1.29 is 8.42 Å².